The van der Waals surface area contributed by atoms with E-state index < -0.39 is 12.3 Å². The minimum Gasteiger partial charge on any atom is -0.483 e. The van der Waals surface area contributed by atoms with Crippen LogP contribution in [0.4, 0.5) is 0 Å². The summed E-state index contributed by atoms with van der Waals surface area (Å²) in [6.07, 6.45) is 12.8. The Hall–Kier alpha value is -1.92. The number of rotatable bonds is 13. The molecule has 0 saturated heterocycles. The maximum atomic E-state index is 10.2. The van der Waals surface area contributed by atoms with Gasteiger partial charge in [-0.25, -0.2) is 0 Å². The van der Waals surface area contributed by atoms with E-state index >= 15 is 0 Å². The molecule has 0 spiro atoms. The number of unbranched alkanes of at least 4 members (excludes halogenated alkanes) is 9. The summed E-state index contributed by atoms with van der Waals surface area (Å²) >= 11 is 0. The highest BCUT2D eigenvalue weighted by molar-refractivity contribution is 5.80. The zero-order valence-corrected chi connectivity index (χ0v) is 18.8. The van der Waals surface area contributed by atoms with E-state index in [9.17, 15) is 4.79 Å². The van der Waals surface area contributed by atoms with Crippen LogP contribution >= 0.6 is 0 Å². The van der Waals surface area contributed by atoms with Gasteiger partial charge in [-0.1, -0.05) is 89.8 Å². The fraction of sp³-hybridized carbons (Fsp3) is 0.667. The van der Waals surface area contributed by atoms with Gasteiger partial charge in [0.15, 0.2) is 6.29 Å². The van der Waals surface area contributed by atoms with Crippen molar-refractivity contribution in [1.82, 2.24) is 0 Å². The van der Waals surface area contributed by atoms with Crippen molar-refractivity contribution >= 4 is 12.4 Å². The third-order valence-electron chi connectivity index (χ3n) is 4.42. The van der Waals surface area contributed by atoms with Gasteiger partial charge in [-0.2, -0.15) is 0 Å². The summed E-state index contributed by atoms with van der Waals surface area (Å²) < 4.78 is 0. The van der Waals surface area contributed by atoms with Gasteiger partial charge in [0.1, 0.15) is 0 Å². The molecule has 4 N–H and O–H groups in total. The number of aliphatic hydroxyl groups excluding tert-OH is 1. The minimum atomic E-state index is -1.10. The lowest BCUT2D eigenvalue weighted by Crippen LogP contribution is -2.02. The first-order chi connectivity index (χ1) is 14.4. The Labute approximate surface area is 182 Å². The van der Waals surface area contributed by atoms with Crippen molar-refractivity contribution in [2.24, 2.45) is 0 Å². The minimum absolute atomic E-state index is 0.250. The molecule has 0 unspecified atom stereocenters. The van der Waals surface area contributed by atoms with Crippen LogP contribution in [0.15, 0.2) is 24.3 Å². The zero-order valence-electron chi connectivity index (χ0n) is 18.8. The van der Waals surface area contributed by atoms with Crippen molar-refractivity contribution in [2.45, 2.75) is 104 Å². The maximum Gasteiger partial charge on any atom is 0.303 e. The Bertz CT molecular complexity index is 499. The number of benzene rings is 1. The number of carbonyl (C=O) groups is 2. The standard InChI is InChI=1S/C12H24O2.C6H4.C5H12O2.CH2O2/c1-2-3-4-5-6-7-8-9-10-11-12(13)14;1-2-5-4-6(5)3-1;1-2-3-4-5(6)7;2-1-3/h2-11H2,1H3,(H,13,14);1-4H;5-7H,2-4H2,1H3;1H,(H,2,3). The van der Waals surface area contributed by atoms with E-state index in [2.05, 4.69) is 31.2 Å². The number of aliphatic carboxylic acids is 1. The maximum absolute atomic E-state index is 10.2. The highest BCUT2D eigenvalue weighted by Gasteiger charge is 2.07. The van der Waals surface area contributed by atoms with E-state index in [1.807, 2.05) is 6.92 Å². The van der Waals surface area contributed by atoms with Crippen molar-refractivity contribution < 1.29 is 30.0 Å². The molecule has 0 amide bonds. The molecule has 0 aromatic rings. The van der Waals surface area contributed by atoms with Crippen LogP contribution in [0.3, 0.4) is 0 Å². The largest absolute Gasteiger partial charge is 0.483 e. The zero-order chi connectivity index (χ0) is 23.0. The molecule has 0 bridgehead atoms. The Morgan fingerprint density at radius 3 is 1.57 bits per heavy atom. The van der Waals surface area contributed by atoms with Crippen LogP contribution in [0.25, 0.3) is 11.1 Å². The Kier molecular flexibility index (Phi) is 23.6. The van der Waals surface area contributed by atoms with E-state index in [-0.39, 0.29) is 6.47 Å². The number of carboxylic acid groups (broad SMARTS) is 2. The fourth-order valence-electron chi connectivity index (χ4n) is 2.65. The van der Waals surface area contributed by atoms with E-state index in [0.717, 1.165) is 25.7 Å². The average Bonchev–Trinajstić information content (AvgIpc) is 3.31. The van der Waals surface area contributed by atoms with Gasteiger partial charge in [0.05, 0.1) is 0 Å². The number of aliphatic hydroxyl groups is 2. The van der Waals surface area contributed by atoms with Gasteiger partial charge in [0, 0.05) is 6.42 Å². The highest BCUT2D eigenvalue weighted by atomic mass is 16.5. The van der Waals surface area contributed by atoms with Gasteiger partial charge >= 0.3 is 5.97 Å². The molecule has 174 valence electrons. The van der Waals surface area contributed by atoms with Gasteiger partial charge in [0.2, 0.25) is 0 Å². The van der Waals surface area contributed by atoms with Crippen molar-refractivity contribution in [1.29, 1.82) is 0 Å². The summed E-state index contributed by atoms with van der Waals surface area (Å²) in [6, 6.07) is 8.48. The molecule has 0 saturated carbocycles. The molecule has 0 radical (unpaired) electrons. The predicted molar refractivity (Wildman–Crippen MR) is 121 cm³/mol. The van der Waals surface area contributed by atoms with Crippen LogP contribution in [-0.2, 0) is 9.59 Å². The van der Waals surface area contributed by atoms with Gasteiger partial charge in [-0.3, -0.25) is 9.59 Å². The quantitative estimate of drug-likeness (QED) is 0.181. The van der Waals surface area contributed by atoms with Gasteiger partial charge in [-0.15, -0.1) is 0 Å². The highest BCUT2D eigenvalue weighted by Crippen LogP contribution is 2.32. The summed E-state index contributed by atoms with van der Waals surface area (Å²) in [5.41, 5.74) is 2.85. The van der Waals surface area contributed by atoms with Gasteiger partial charge in [-0.05, 0) is 36.5 Å². The average molecular weight is 427 g/mol. The number of hydrogen-bond acceptors (Lipinski definition) is 4. The Balaban J connectivity index is 0. The first-order valence-corrected chi connectivity index (χ1v) is 11.2. The fourth-order valence-corrected chi connectivity index (χ4v) is 2.65. The smallest absolute Gasteiger partial charge is 0.303 e. The number of hydrogen-bond donors (Lipinski definition) is 4. The summed E-state index contributed by atoms with van der Waals surface area (Å²) in [4.78, 5) is 18.6. The van der Waals surface area contributed by atoms with Crippen LogP contribution in [-0.4, -0.2) is 39.2 Å². The van der Waals surface area contributed by atoms with Crippen molar-refractivity contribution in [2.75, 3.05) is 0 Å². The second-order valence-corrected chi connectivity index (χ2v) is 7.28. The van der Waals surface area contributed by atoms with Crippen LogP contribution in [0.5, 0.6) is 0 Å². The van der Waals surface area contributed by atoms with Gasteiger partial charge < -0.3 is 20.4 Å². The monoisotopic (exact) mass is 426 g/mol. The molecule has 2 rings (SSSR count). The predicted octanol–water partition coefficient (Wildman–Crippen LogP) is 5.85. The molecule has 0 fully saturated rings. The molecular weight excluding hydrogens is 384 g/mol. The summed E-state index contributed by atoms with van der Waals surface area (Å²) in [7, 11) is 0. The number of fused-ring (bicyclic) bond motifs is 1. The molecule has 0 aromatic carbocycles. The Morgan fingerprint density at radius 1 is 0.867 bits per heavy atom. The van der Waals surface area contributed by atoms with E-state index in [0.29, 0.717) is 12.8 Å². The second-order valence-electron chi connectivity index (χ2n) is 7.28. The normalized spacial score (nSPS) is 9.90. The topological polar surface area (TPSA) is 115 Å². The molecule has 30 heavy (non-hydrogen) atoms. The van der Waals surface area contributed by atoms with Crippen LogP contribution in [0.2, 0.25) is 0 Å². The van der Waals surface area contributed by atoms with Crippen molar-refractivity contribution in [3.05, 3.63) is 24.3 Å². The molecule has 0 heterocycles. The van der Waals surface area contributed by atoms with Crippen LogP contribution in [0, 0.1) is 0 Å². The molecule has 2 aliphatic carbocycles. The van der Waals surface area contributed by atoms with Gasteiger partial charge in [0.25, 0.3) is 6.47 Å². The third-order valence-corrected chi connectivity index (χ3v) is 4.42. The number of carboxylic acids is 1. The van der Waals surface area contributed by atoms with Crippen LogP contribution in [0.1, 0.15) is 97.3 Å². The molecular formula is C24H42O6. The van der Waals surface area contributed by atoms with E-state index in [4.69, 9.17) is 25.2 Å². The third kappa shape index (κ3) is 26.1. The van der Waals surface area contributed by atoms with Crippen molar-refractivity contribution in [3.8, 4) is 11.1 Å². The summed E-state index contributed by atoms with van der Waals surface area (Å²) in [5, 5.41) is 31.8. The van der Waals surface area contributed by atoms with Crippen LogP contribution < -0.4 is 0 Å². The molecule has 0 atom stereocenters. The molecule has 0 aliphatic heterocycles. The lowest BCUT2D eigenvalue weighted by molar-refractivity contribution is -0.137. The Morgan fingerprint density at radius 2 is 1.30 bits per heavy atom. The molecule has 2 aliphatic rings. The first kappa shape index (κ1) is 30.3. The molecule has 6 nitrogen and oxygen atoms in total. The molecule has 6 heteroatoms. The van der Waals surface area contributed by atoms with E-state index in [1.54, 1.807) is 0 Å². The van der Waals surface area contributed by atoms with Crippen molar-refractivity contribution in [3.63, 3.8) is 0 Å². The lowest BCUT2D eigenvalue weighted by atomic mass is 10.1. The summed E-state index contributed by atoms with van der Waals surface area (Å²) in [5.74, 6) is -0.659. The SMILES string of the molecule is CCCCC(O)O.CCCCCCCCCCCC(=O)O.O=CO.c1cc2cc-2c1. The lowest BCUT2D eigenvalue weighted by Gasteiger charge is -2.00. The summed E-state index contributed by atoms with van der Waals surface area (Å²) in [6.45, 7) is 3.99. The molecule has 0 aromatic heterocycles. The van der Waals surface area contributed by atoms with E-state index in [1.165, 1.54) is 56.1 Å². The second kappa shape index (κ2) is 23.4. The first-order valence-electron chi connectivity index (χ1n) is 11.2.